The number of methoxy groups -OCH3 is 2. The minimum absolute atomic E-state index is 0.0271. The van der Waals surface area contributed by atoms with E-state index < -0.39 is 35.8 Å². The van der Waals surface area contributed by atoms with Gasteiger partial charge in [0.25, 0.3) is 5.91 Å². The van der Waals surface area contributed by atoms with E-state index in [9.17, 15) is 22.8 Å². The van der Waals surface area contributed by atoms with E-state index in [4.69, 9.17) is 19.3 Å². The van der Waals surface area contributed by atoms with Gasteiger partial charge in [-0.2, -0.15) is 13.2 Å². The molecule has 0 aliphatic rings. The molecule has 2 atom stereocenters. The maximum atomic E-state index is 13.3. The van der Waals surface area contributed by atoms with Gasteiger partial charge >= 0.3 is 12.1 Å². The average molecular weight is 533 g/mol. The Morgan fingerprint density at radius 3 is 2.42 bits per heavy atom. The second-order valence-corrected chi connectivity index (χ2v) is 8.18. The summed E-state index contributed by atoms with van der Waals surface area (Å²) in [5.41, 5.74) is 4.84. The first-order valence-corrected chi connectivity index (χ1v) is 11.1. The smallest absolute Gasteiger partial charge is 0.433 e. The van der Waals surface area contributed by atoms with E-state index in [1.54, 1.807) is 13.8 Å². The molecule has 0 spiro atoms. The number of aromatic nitrogens is 3. The molecule has 0 saturated carbocycles. The van der Waals surface area contributed by atoms with Crippen molar-refractivity contribution >= 4 is 22.8 Å². The van der Waals surface area contributed by atoms with Crippen LogP contribution in [0, 0.1) is 0 Å². The highest BCUT2D eigenvalue weighted by Crippen LogP contribution is 2.37. The molecule has 0 fully saturated rings. The van der Waals surface area contributed by atoms with Gasteiger partial charge in [-0.25, -0.2) is 19.7 Å². The van der Waals surface area contributed by atoms with E-state index in [2.05, 4.69) is 25.0 Å². The highest BCUT2D eigenvalue weighted by atomic mass is 19.4. The van der Waals surface area contributed by atoms with Crippen molar-refractivity contribution in [2.24, 2.45) is 5.73 Å². The normalized spacial score (nSPS) is 13.3. The average Bonchev–Trinajstić information content (AvgIpc) is 3.55. The number of carbonyl (C=O) groups is 2. The minimum Gasteiger partial charge on any atom is -0.494 e. The lowest BCUT2D eigenvalue weighted by molar-refractivity contribution is -0.140. The Hall–Kier alpha value is -4.46. The fourth-order valence-electron chi connectivity index (χ4n) is 3.76. The highest BCUT2D eigenvalue weighted by Gasteiger charge is 2.33. The number of pyridine rings is 1. The van der Waals surface area contributed by atoms with Crippen molar-refractivity contribution in [3.8, 4) is 17.2 Å². The van der Waals surface area contributed by atoms with Gasteiger partial charge in [0.2, 0.25) is 5.89 Å². The molecule has 0 unspecified atom stereocenters. The number of alkyl halides is 3. The Balaban J connectivity index is 1.75. The van der Waals surface area contributed by atoms with E-state index in [0.717, 1.165) is 12.5 Å². The molecule has 0 aliphatic carbocycles. The van der Waals surface area contributed by atoms with E-state index in [0.29, 0.717) is 0 Å². The molecule has 0 radical (unpaired) electrons. The maximum absolute atomic E-state index is 13.3. The summed E-state index contributed by atoms with van der Waals surface area (Å²) in [6, 6.07) is 3.38. The molecule has 3 aromatic heterocycles. The largest absolute Gasteiger partial charge is 0.494 e. The van der Waals surface area contributed by atoms with Gasteiger partial charge in [-0.3, -0.25) is 4.79 Å². The van der Waals surface area contributed by atoms with Crippen molar-refractivity contribution in [3.05, 3.63) is 59.3 Å². The quantitative estimate of drug-likeness (QED) is 0.330. The molecule has 11 nitrogen and oxygen atoms in total. The zero-order valence-corrected chi connectivity index (χ0v) is 20.5. The molecule has 14 heteroatoms. The SMILES string of the molecule is COC(=O)c1ncoc1[C@H](C)NC(=O)c1nc(-c2ccc(OC)c3nc(C(F)(F)F)ccc23)oc1[C@H](C)N. The lowest BCUT2D eigenvalue weighted by atomic mass is 10.1. The Bertz CT molecular complexity index is 1510. The zero-order valence-electron chi connectivity index (χ0n) is 20.5. The number of oxazole rings is 2. The molecule has 0 saturated heterocycles. The van der Waals surface area contributed by atoms with Gasteiger partial charge in [-0.05, 0) is 38.1 Å². The van der Waals surface area contributed by atoms with Crippen molar-refractivity contribution in [2.45, 2.75) is 32.1 Å². The molecule has 1 amide bonds. The lowest BCUT2D eigenvalue weighted by Crippen LogP contribution is -2.29. The first-order chi connectivity index (χ1) is 18.0. The second-order valence-electron chi connectivity index (χ2n) is 8.18. The molecule has 200 valence electrons. The first-order valence-electron chi connectivity index (χ1n) is 11.1. The van der Waals surface area contributed by atoms with Crippen LogP contribution in [0.5, 0.6) is 5.75 Å². The number of nitrogens with two attached hydrogens (primary N) is 1. The number of ether oxygens (including phenoxy) is 2. The fourth-order valence-corrected chi connectivity index (χ4v) is 3.76. The second kappa shape index (κ2) is 10.1. The molecule has 4 rings (SSSR count). The third-order valence-corrected chi connectivity index (χ3v) is 5.56. The third kappa shape index (κ3) is 4.89. The van der Waals surface area contributed by atoms with Crippen molar-refractivity contribution in [1.29, 1.82) is 0 Å². The third-order valence-electron chi connectivity index (χ3n) is 5.56. The van der Waals surface area contributed by atoms with E-state index in [-0.39, 0.29) is 51.0 Å². The number of hydrogen-bond acceptors (Lipinski definition) is 10. The maximum Gasteiger partial charge on any atom is 0.433 e. The van der Waals surface area contributed by atoms with Crippen LogP contribution in [0.4, 0.5) is 13.2 Å². The summed E-state index contributed by atoms with van der Waals surface area (Å²) < 4.78 is 60.7. The minimum atomic E-state index is -4.67. The molecule has 0 aliphatic heterocycles. The van der Waals surface area contributed by atoms with Gasteiger partial charge in [0.05, 0.1) is 26.3 Å². The predicted molar refractivity (Wildman–Crippen MR) is 125 cm³/mol. The Kier molecular flexibility index (Phi) is 7.09. The molecule has 38 heavy (non-hydrogen) atoms. The number of esters is 1. The van der Waals surface area contributed by atoms with Crippen LogP contribution in [0.15, 0.2) is 39.5 Å². The van der Waals surface area contributed by atoms with Crippen molar-refractivity contribution in [1.82, 2.24) is 20.3 Å². The van der Waals surface area contributed by atoms with Gasteiger partial charge in [0, 0.05) is 10.9 Å². The summed E-state index contributed by atoms with van der Waals surface area (Å²) in [7, 11) is 2.48. The van der Waals surface area contributed by atoms with E-state index >= 15 is 0 Å². The summed E-state index contributed by atoms with van der Waals surface area (Å²) >= 11 is 0. The summed E-state index contributed by atoms with van der Waals surface area (Å²) in [5, 5.41) is 2.89. The molecule has 4 aromatic rings. The predicted octanol–water partition coefficient (Wildman–Crippen LogP) is 4.20. The van der Waals surface area contributed by atoms with Gasteiger partial charge in [0.1, 0.15) is 17.0 Å². The number of nitrogens with one attached hydrogen (secondary N) is 1. The van der Waals surface area contributed by atoms with Crippen LogP contribution in [0.2, 0.25) is 0 Å². The Morgan fingerprint density at radius 2 is 1.79 bits per heavy atom. The summed E-state index contributed by atoms with van der Waals surface area (Å²) in [6.07, 6.45) is -3.63. The van der Waals surface area contributed by atoms with Gasteiger partial charge in [-0.1, -0.05) is 0 Å². The molecular weight excluding hydrogens is 511 g/mol. The van der Waals surface area contributed by atoms with Crippen LogP contribution < -0.4 is 15.8 Å². The summed E-state index contributed by atoms with van der Waals surface area (Å²) in [4.78, 5) is 36.9. The molecule has 3 N–H and O–H groups in total. The number of fused-ring (bicyclic) bond motifs is 1. The number of benzene rings is 1. The number of hydrogen-bond donors (Lipinski definition) is 2. The molecule has 3 heterocycles. The van der Waals surface area contributed by atoms with Crippen molar-refractivity contribution in [2.75, 3.05) is 14.2 Å². The first kappa shape index (κ1) is 26.6. The summed E-state index contributed by atoms with van der Waals surface area (Å²) in [6.45, 7) is 3.12. The zero-order chi connectivity index (χ0) is 27.8. The van der Waals surface area contributed by atoms with Crippen molar-refractivity contribution < 1.29 is 41.1 Å². The monoisotopic (exact) mass is 533 g/mol. The topological polar surface area (TPSA) is 156 Å². The van der Waals surface area contributed by atoms with Crippen molar-refractivity contribution in [3.63, 3.8) is 0 Å². The molecular formula is C24H22F3N5O6. The van der Waals surface area contributed by atoms with Crippen LogP contribution in [0.25, 0.3) is 22.4 Å². The van der Waals surface area contributed by atoms with E-state index in [1.165, 1.54) is 32.4 Å². The fraction of sp³-hybridized carbons (Fsp3) is 0.292. The summed E-state index contributed by atoms with van der Waals surface area (Å²) in [5.74, 6) is -1.33. The van der Waals surface area contributed by atoms with E-state index in [1.807, 2.05) is 0 Å². The van der Waals surface area contributed by atoms with Crippen LogP contribution in [0.1, 0.15) is 64.1 Å². The number of rotatable bonds is 7. The van der Waals surface area contributed by atoms with Gasteiger partial charge in [-0.15, -0.1) is 0 Å². The lowest BCUT2D eigenvalue weighted by Gasteiger charge is -2.12. The van der Waals surface area contributed by atoms with Crippen LogP contribution >= 0.6 is 0 Å². The Labute approximate surface area is 213 Å². The van der Waals surface area contributed by atoms with Gasteiger partial charge in [0.15, 0.2) is 29.3 Å². The standard InChI is InChI=1S/C24H22F3N5O6/c1-10(28)19-17(21(33)30-11(2)20-18(23(34)36-4)29-9-37-20)32-22(38-19)13-5-7-14(35-3)16-12(13)6-8-15(31-16)24(25,26)27/h5-11H,28H2,1-4H3,(H,30,33)/t10-,11-/m0/s1. The number of amides is 1. The molecule has 1 aromatic carbocycles. The number of nitrogens with zero attached hydrogens (tertiary/aromatic N) is 3. The van der Waals surface area contributed by atoms with Crippen LogP contribution in [0.3, 0.4) is 0 Å². The Morgan fingerprint density at radius 1 is 1.05 bits per heavy atom. The number of halogens is 3. The van der Waals surface area contributed by atoms with Gasteiger partial charge < -0.3 is 29.4 Å². The molecule has 0 bridgehead atoms. The highest BCUT2D eigenvalue weighted by molar-refractivity contribution is 5.98. The van der Waals surface area contributed by atoms with Crippen LogP contribution in [-0.4, -0.2) is 41.0 Å². The number of carbonyl (C=O) groups excluding carboxylic acids is 2. The van der Waals surface area contributed by atoms with Crippen LogP contribution in [-0.2, 0) is 10.9 Å².